The number of amides is 1. The summed E-state index contributed by atoms with van der Waals surface area (Å²) in [7, 11) is 0. The van der Waals surface area contributed by atoms with Gasteiger partial charge in [0.1, 0.15) is 11.3 Å². The van der Waals surface area contributed by atoms with Gasteiger partial charge in [0, 0.05) is 11.9 Å². The average Bonchev–Trinajstić information content (AvgIpc) is 3.31. The van der Waals surface area contributed by atoms with Crippen molar-refractivity contribution in [2.75, 3.05) is 5.32 Å². The Hall–Kier alpha value is -4.20. The molecule has 3 heterocycles. The number of rotatable bonds is 2. The molecule has 5 rings (SSSR count). The number of hydrogen-bond acceptors (Lipinski definition) is 4. The van der Waals surface area contributed by atoms with Crippen LogP contribution in [0.4, 0.5) is 10.5 Å². The summed E-state index contributed by atoms with van der Waals surface area (Å²) in [6, 6.07) is 17.9. The molecule has 2 aliphatic rings. The van der Waals surface area contributed by atoms with Gasteiger partial charge < -0.3 is 10.3 Å². The highest BCUT2D eigenvalue weighted by molar-refractivity contribution is 5.99. The fourth-order valence-electron chi connectivity index (χ4n) is 3.14. The van der Waals surface area contributed by atoms with Crippen LogP contribution in [0, 0.1) is 0 Å². The lowest BCUT2D eigenvalue weighted by molar-refractivity contribution is 0.251. The number of benzene rings is 2. The van der Waals surface area contributed by atoms with Gasteiger partial charge >= 0.3 is 6.03 Å². The van der Waals surface area contributed by atoms with Gasteiger partial charge in [-0.05, 0) is 24.3 Å². The average molecular weight is 370 g/mol. The van der Waals surface area contributed by atoms with Crippen LogP contribution in [0.15, 0.2) is 77.9 Å². The molecular weight excluding hydrogens is 356 g/mol. The quantitative estimate of drug-likeness (QED) is 0.499. The Balaban J connectivity index is 1.62. The number of nitrogens with one attached hydrogen (secondary N) is 2. The molecule has 3 aromatic rings. The van der Waals surface area contributed by atoms with Crippen molar-refractivity contribution < 1.29 is 4.79 Å². The Morgan fingerprint density at radius 3 is 2.46 bits per heavy atom. The van der Waals surface area contributed by atoms with E-state index in [1.54, 1.807) is 18.3 Å². The van der Waals surface area contributed by atoms with Gasteiger partial charge in [-0.25, -0.2) is 4.79 Å². The molecule has 0 unspecified atom stereocenters. The molecule has 2 aliphatic heterocycles. The number of para-hydroxylation sites is 2. The molecular formula is C20H14N6O2. The maximum atomic E-state index is 12.7. The number of aromatic amines is 1. The first-order valence-electron chi connectivity index (χ1n) is 8.62. The maximum absolute atomic E-state index is 12.7. The van der Waals surface area contributed by atoms with Crippen LogP contribution < -0.4 is 10.9 Å². The predicted octanol–water partition coefficient (Wildman–Crippen LogP) is 3.10. The highest BCUT2D eigenvalue weighted by atomic mass is 16.2. The zero-order valence-corrected chi connectivity index (χ0v) is 14.5. The minimum absolute atomic E-state index is 0.235. The van der Waals surface area contributed by atoms with Crippen LogP contribution in [0.5, 0.6) is 0 Å². The fourth-order valence-corrected chi connectivity index (χ4v) is 3.14. The monoisotopic (exact) mass is 370 g/mol. The van der Waals surface area contributed by atoms with Crippen LogP contribution in [0.25, 0.3) is 28.0 Å². The summed E-state index contributed by atoms with van der Waals surface area (Å²) < 4.78 is 2.56. The zero-order valence-electron chi connectivity index (χ0n) is 14.5. The lowest BCUT2D eigenvalue weighted by Gasteiger charge is -2.05. The van der Waals surface area contributed by atoms with E-state index in [4.69, 9.17) is 0 Å². The van der Waals surface area contributed by atoms with Crippen LogP contribution in [0.1, 0.15) is 0 Å². The second-order valence-electron chi connectivity index (χ2n) is 6.22. The SMILES string of the molecule is O=C(Nc1ccccc1)n1ncc2c3nn(-c4ccccc4)c(=O)c-3c[nH]c21. The molecule has 0 aliphatic carbocycles. The molecule has 0 atom stereocenters. The zero-order chi connectivity index (χ0) is 19.1. The first-order valence-corrected chi connectivity index (χ1v) is 8.62. The summed E-state index contributed by atoms with van der Waals surface area (Å²) in [4.78, 5) is 28.3. The lowest BCUT2D eigenvalue weighted by atomic mass is 10.2. The molecule has 2 aromatic carbocycles. The van der Waals surface area contributed by atoms with Crippen LogP contribution in [0.3, 0.4) is 0 Å². The Labute approximate surface area is 158 Å². The van der Waals surface area contributed by atoms with Gasteiger partial charge in [-0.3, -0.25) is 4.79 Å². The van der Waals surface area contributed by atoms with Crippen molar-refractivity contribution in [2.45, 2.75) is 0 Å². The molecule has 0 saturated carbocycles. The normalized spacial score (nSPS) is 11.1. The van der Waals surface area contributed by atoms with Gasteiger partial charge in [-0.1, -0.05) is 36.4 Å². The first kappa shape index (κ1) is 16.0. The third-order valence-electron chi connectivity index (χ3n) is 4.47. The van der Waals surface area contributed by atoms with E-state index >= 15 is 0 Å². The standard InChI is InChI=1S/C20H14N6O2/c27-19-16-11-21-18-15(17(16)24-25(19)14-9-5-2-6-10-14)12-22-26(18)20(28)23-13-7-3-1-4-8-13/h1-12,21H,(H,23,28). The molecule has 8 heteroatoms. The number of nitrogens with zero attached hydrogens (tertiary/aromatic N) is 4. The van der Waals surface area contributed by atoms with Gasteiger partial charge in [-0.2, -0.15) is 19.6 Å². The molecule has 0 spiro atoms. The van der Waals surface area contributed by atoms with Crippen LogP contribution in [-0.2, 0) is 0 Å². The van der Waals surface area contributed by atoms with Crippen LogP contribution >= 0.6 is 0 Å². The number of pyridine rings is 1. The molecule has 0 bridgehead atoms. The van der Waals surface area contributed by atoms with E-state index in [9.17, 15) is 9.59 Å². The second kappa shape index (κ2) is 6.20. The van der Waals surface area contributed by atoms with Crippen molar-refractivity contribution in [3.8, 4) is 16.9 Å². The predicted molar refractivity (Wildman–Crippen MR) is 105 cm³/mol. The van der Waals surface area contributed by atoms with Gasteiger partial charge in [0.2, 0.25) is 0 Å². The van der Waals surface area contributed by atoms with Crippen LogP contribution in [0.2, 0.25) is 0 Å². The minimum atomic E-state index is -0.415. The largest absolute Gasteiger partial charge is 0.348 e. The Morgan fingerprint density at radius 1 is 1.00 bits per heavy atom. The van der Waals surface area contributed by atoms with E-state index in [1.165, 1.54) is 15.6 Å². The Morgan fingerprint density at radius 2 is 1.71 bits per heavy atom. The molecule has 136 valence electrons. The van der Waals surface area contributed by atoms with E-state index < -0.39 is 6.03 Å². The summed E-state index contributed by atoms with van der Waals surface area (Å²) in [5.74, 6) is 0. The smallest absolute Gasteiger partial charge is 0.345 e. The van der Waals surface area contributed by atoms with Crippen LogP contribution in [-0.4, -0.2) is 30.6 Å². The maximum Gasteiger partial charge on any atom is 0.348 e. The highest BCUT2D eigenvalue weighted by Gasteiger charge is 2.22. The number of carbonyl (C=O) groups excluding carboxylic acids is 1. The molecule has 1 amide bonds. The second-order valence-corrected chi connectivity index (χ2v) is 6.22. The number of anilines is 1. The Bertz CT molecular complexity index is 1320. The Kier molecular flexibility index (Phi) is 3.55. The van der Waals surface area contributed by atoms with Crippen molar-refractivity contribution >= 4 is 22.8 Å². The minimum Gasteiger partial charge on any atom is -0.345 e. The fraction of sp³-hybridized carbons (Fsp3) is 0. The molecule has 2 N–H and O–H groups in total. The summed E-state index contributed by atoms with van der Waals surface area (Å²) in [6.45, 7) is 0. The van der Waals surface area contributed by atoms with E-state index in [0.717, 1.165) is 0 Å². The molecule has 0 fully saturated rings. The topological polar surface area (TPSA) is 97.6 Å². The number of fused-ring (bicyclic) bond motifs is 3. The number of carbonyl (C=O) groups is 1. The highest BCUT2D eigenvalue weighted by Crippen LogP contribution is 2.26. The number of hydrogen-bond donors (Lipinski definition) is 2. The van der Waals surface area contributed by atoms with Crippen molar-refractivity contribution in [1.29, 1.82) is 0 Å². The third kappa shape index (κ3) is 2.47. The van der Waals surface area contributed by atoms with E-state index in [-0.39, 0.29) is 5.56 Å². The van der Waals surface area contributed by atoms with Crippen molar-refractivity contribution in [3.05, 3.63) is 83.4 Å². The summed E-state index contributed by atoms with van der Waals surface area (Å²) >= 11 is 0. The lowest BCUT2D eigenvalue weighted by Crippen LogP contribution is -2.21. The number of aromatic nitrogens is 5. The van der Waals surface area contributed by atoms with Crippen molar-refractivity contribution in [1.82, 2.24) is 24.5 Å². The van der Waals surface area contributed by atoms with Gasteiger partial charge in [-0.15, -0.1) is 0 Å². The van der Waals surface area contributed by atoms with Crippen molar-refractivity contribution in [2.24, 2.45) is 0 Å². The number of H-pyrrole nitrogens is 1. The molecule has 0 saturated heterocycles. The molecule has 0 radical (unpaired) electrons. The van der Waals surface area contributed by atoms with Gasteiger partial charge in [0.05, 0.1) is 22.8 Å². The molecule has 28 heavy (non-hydrogen) atoms. The first-order chi connectivity index (χ1) is 13.7. The van der Waals surface area contributed by atoms with E-state index in [2.05, 4.69) is 20.5 Å². The summed E-state index contributed by atoms with van der Waals surface area (Å²) in [6.07, 6.45) is 3.08. The van der Waals surface area contributed by atoms with E-state index in [0.29, 0.717) is 33.7 Å². The van der Waals surface area contributed by atoms with Gasteiger partial charge in [0.15, 0.2) is 0 Å². The molecule has 1 aromatic heterocycles. The van der Waals surface area contributed by atoms with E-state index in [1.807, 2.05) is 48.5 Å². The molecule has 8 nitrogen and oxygen atoms in total. The van der Waals surface area contributed by atoms with Gasteiger partial charge in [0.25, 0.3) is 5.56 Å². The van der Waals surface area contributed by atoms with Crippen molar-refractivity contribution in [3.63, 3.8) is 0 Å². The summed E-state index contributed by atoms with van der Waals surface area (Å²) in [5.41, 5.74) is 2.47. The third-order valence-corrected chi connectivity index (χ3v) is 4.47. The summed E-state index contributed by atoms with van der Waals surface area (Å²) in [5, 5.41) is 12.0.